The van der Waals surface area contributed by atoms with Crippen molar-refractivity contribution in [3.63, 3.8) is 0 Å². The van der Waals surface area contributed by atoms with Crippen LogP contribution in [0.25, 0.3) is 0 Å². The normalized spacial score (nSPS) is 3.80. The first-order valence-corrected chi connectivity index (χ1v) is 1.09. The summed E-state index contributed by atoms with van der Waals surface area (Å²) in [6.07, 6.45) is 1.07. The van der Waals surface area contributed by atoms with Gasteiger partial charge in [-0.15, -0.1) is 0 Å². The van der Waals surface area contributed by atoms with Crippen molar-refractivity contribution in [1.82, 2.24) is 4.67 Å². The van der Waals surface area contributed by atoms with E-state index in [1.165, 1.54) is 0 Å². The van der Waals surface area contributed by atoms with Gasteiger partial charge in [0.25, 0.3) is 6.72 Å². The highest BCUT2D eigenvalue weighted by Crippen LogP contribution is 1.20. The third-order valence-electron chi connectivity index (χ3n) is 0.149. The maximum atomic E-state index is 7.63. The number of rotatable bonds is 0. The van der Waals surface area contributed by atoms with Crippen molar-refractivity contribution in [2.24, 2.45) is 0 Å². The topological polar surface area (TPSA) is 37.9 Å². The van der Waals surface area contributed by atoms with Crippen LogP contribution in [0.3, 0.4) is 0 Å². The zero-order valence-electron chi connectivity index (χ0n) is 2.68. The molecule has 0 N–H and O–H groups in total. The van der Waals surface area contributed by atoms with Crippen molar-refractivity contribution in [2.75, 3.05) is 0 Å². The molecule has 0 aliphatic carbocycles. The van der Waals surface area contributed by atoms with Crippen LogP contribution >= 0.6 is 0 Å². The molecule has 0 aromatic heterocycles. The Morgan fingerprint density at radius 1 is 2.00 bits per heavy atom. The fourth-order valence-electron chi connectivity index (χ4n) is 0.0408. The maximum Gasteiger partial charge on any atom is 0.367 e. The summed E-state index contributed by atoms with van der Waals surface area (Å²) in [5.74, 6) is 0. The van der Waals surface area contributed by atoms with Crippen LogP contribution in [0.15, 0.2) is 0 Å². The van der Waals surface area contributed by atoms with Gasteiger partial charge in [0.15, 0.2) is 6.07 Å². The van der Waals surface area contributed by atoms with Crippen molar-refractivity contribution in [3.05, 3.63) is 0 Å². The highest BCUT2D eigenvalue weighted by atomic mass is 14.5. The summed E-state index contributed by atoms with van der Waals surface area (Å²) in [5.41, 5.74) is 0. The molecule has 0 atom stereocenters. The monoisotopic (exact) mass is 67.0 g/mol. The first-order chi connectivity index (χ1) is 2.41. The number of hydrogen-bond donors (Lipinski definition) is 0. The summed E-state index contributed by atoms with van der Waals surface area (Å²) in [4.78, 5) is 0. The van der Waals surface area contributed by atoms with Gasteiger partial charge in [0, 0.05) is 0 Å². The Bertz CT molecular complexity index is 92.0. The van der Waals surface area contributed by atoms with Gasteiger partial charge in [-0.3, -0.25) is 0 Å². The van der Waals surface area contributed by atoms with Crippen LogP contribution in [0.5, 0.6) is 0 Å². The lowest BCUT2D eigenvalue weighted by molar-refractivity contribution is 1.55. The second-order valence-electron chi connectivity index (χ2n) is 0.441. The quantitative estimate of drug-likeness (QED) is 0.274. The molecule has 0 saturated heterocycles. The van der Waals surface area contributed by atoms with Gasteiger partial charge >= 0.3 is 6.21 Å². The predicted molar refractivity (Wildman–Crippen MR) is 20.9 cm³/mol. The van der Waals surface area contributed by atoms with E-state index in [1.807, 2.05) is 0 Å². The molecule has 0 amide bonds. The number of nitrogens with zero attached hydrogens (tertiary/aromatic N) is 2. The van der Waals surface area contributed by atoms with Crippen LogP contribution < -0.4 is 4.67 Å². The van der Waals surface area contributed by atoms with E-state index < -0.39 is 0 Å². The molecule has 2 heteroatoms. The summed E-state index contributed by atoms with van der Waals surface area (Å²) in [5, 5.41) is 7.63. The smallest absolute Gasteiger partial charge is 0.185 e. The van der Waals surface area contributed by atoms with Crippen molar-refractivity contribution in [2.45, 2.75) is 0 Å². The molecule has 0 radical (unpaired) electrons. The van der Waals surface area contributed by atoms with Crippen LogP contribution in [-0.4, -0.2) is 12.9 Å². The molecule has 0 aromatic rings. The molecule has 0 rings (SSSR count). The average Bonchev–Trinajstić information content (AvgIpc) is 1.41. The minimum Gasteiger partial charge on any atom is -0.185 e. The van der Waals surface area contributed by atoms with E-state index in [2.05, 4.69) is 11.4 Å². The SMILES string of the molecule is C=[N+]=CC#N. The molecule has 0 heterocycles. The summed E-state index contributed by atoms with van der Waals surface area (Å²) in [6.45, 7) is 3.02. The number of nitriles is 1. The van der Waals surface area contributed by atoms with Gasteiger partial charge in [0.1, 0.15) is 0 Å². The van der Waals surface area contributed by atoms with Gasteiger partial charge in [-0.25, -0.2) is 0 Å². The Hall–Kier alpha value is -1.06. The summed E-state index contributed by atoms with van der Waals surface area (Å²) < 4.78 is 3.12. The highest BCUT2D eigenvalue weighted by molar-refractivity contribution is 5.74. The second kappa shape index (κ2) is 2.94. The fourth-order valence-corrected chi connectivity index (χ4v) is 0.0408. The average molecular weight is 67.1 g/mol. The van der Waals surface area contributed by atoms with Gasteiger partial charge in [-0.05, 0) is 0 Å². The largest absolute Gasteiger partial charge is 0.367 e. The molecular weight excluding hydrogens is 64.0 g/mol. The maximum absolute atomic E-state index is 7.63. The molecule has 0 unspecified atom stereocenters. The third kappa shape index (κ3) is 2.94. The van der Waals surface area contributed by atoms with Crippen LogP contribution in [0.4, 0.5) is 0 Å². The van der Waals surface area contributed by atoms with Crippen molar-refractivity contribution >= 4 is 12.9 Å². The Labute approximate surface area is 30.1 Å². The van der Waals surface area contributed by atoms with E-state index in [4.69, 9.17) is 5.26 Å². The fraction of sp³-hybridized carbons (Fsp3) is 0. The van der Waals surface area contributed by atoms with E-state index in [0.29, 0.717) is 0 Å². The molecule has 5 heavy (non-hydrogen) atoms. The molecule has 0 aliphatic rings. The molecule has 0 spiro atoms. The molecule has 0 fully saturated rings. The summed E-state index contributed by atoms with van der Waals surface area (Å²) in [6, 6.07) is 1.66. The van der Waals surface area contributed by atoms with Crippen molar-refractivity contribution in [1.29, 1.82) is 5.26 Å². The molecular formula is C3H3N2+. The Morgan fingerprint density at radius 3 is 2.60 bits per heavy atom. The van der Waals surface area contributed by atoms with Crippen LogP contribution in [0.1, 0.15) is 0 Å². The molecule has 0 aromatic carbocycles. The lowest BCUT2D eigenvalue weighted by Crippen LogP contribution is -1.63. The highest BCUT2D eigenvalue weighted by Gasteiger charge is 1.58. The summed E-state index contributed by atoms with van der Waals surface area (Å²) >= 11 is 0. The second-order valence-corrected chi connectivity index (χ2v) is 0.441. The Morgan fingerprint density at radius 2 is 2.60 bits per heavy atom. The summed E-state index contributed by atoms with van der Waals surface area (Å²) in [7, 11) is 0. The van der Waals surface area contributed by atoms with Gasteiger partial charge < -0.3 is 0 Å². The minimum atomic E-state index is 1.07. The predicted octanol–water partition coefficient (Wildman–Crippen LogP) is -0.651. The van der Waals surface area contributed by atoms with Crippen molar-refractivity contribution in [3.8, 4) is 6.07 Å². The first kappa shape index (κ1) is 3.94. The molecule has 0 aliphatic heterocycles. The Kier molecular flexibility index (Phi) is 2.32. The third-order valence-corrected chi connectivity index (χ3v) is 0.149. The molecule has 2 nitrogen and oxygen atoms in total. The van der Waals surface area contributed by atoms with E-state index in [0.717, 1.165) is 6.21 Å². The minimum absolute atomic E-state index is 1.07. The lowest BCUT2D eigenvalue weighted by atomic mass is 10.9. The Balaban J connectivity index is 3.46. The van der Waals surface area contributed by atoms with E-state index in [9.17, 15) is 0 Å². The van der Waals surface area contributed by atoms with E-state index in [-0.39, 0.29) is 0 Å². The van der Waals surface area contributed by atoms with Crippen LogP contribution in [0, 0.1) is 11.3 Å². The molecule has 24 valence electrons. The first-order valence-electron chi connectivity index (χ1n) is 1.09. The molecule has 0 bridgehead atoms. The van der Waals surface area contributed by atoms with Gasteiger partial charge in [0.05, 0.1) is 0 Å². The van der Waals surface area contributed by atoms with E-state index in [1.54, 1.807) is 6.07 Å². The van der Waals surface area contributed by atoms with Crippen LogP contribution in [-0.2, 0) is 0 Å². The zero-order valence-corrected chi connectivity index (χ0v) is 2.68. The van der Waals surface area contributed by atoms with E-state index >= 15 is 0 Å². The van der Waals surface area contributed by atoms with Crippen LogP contribution in [0.2, 0.25) is 0 Å². The van der Waals surface area contributed by atoms with Gasteiger partial charge in [-0.2, -0.15) is 5.26 Å². The standard InChI is InChI=1S/C3H3N2/c1-5-3-2-4/h3H,1H2/q+1. The molecule has 0 saturated carbocycles. The lowest BCUT2D eigenvalue weighted by Gasteiger charge is -1.21. The zero-order chi connectivity index (χ0) is 4.12. The van der Waals surface area contributed by atoms with Gasteiger partial charge in [-0.1, -0.05) is 4.67 Å². The van der Waals surface area contributed by atoms with Crippen molar-refractivity contribution < 1.29 is 0 Å². The number of hydrogen-bond acceptors (Lipinski definition) is 1. The van der Waals surface area contributed by atoms with Gasteiger partial charge in [0.2, 0.25) is 0 Å².